The van der Waals surface area contributed by atoms with Gasteiger partial charge in [-0.05, 0) is 43.9 Å². The van der Waals surface area contributed by atoms with Crippen LogP contribution in [0.2, 0.25) is 13.1 Å². The maximum absolute atomic E-state index is 6.29. The lowest BCUT2D eigenvalue weighted by Gasteiger charge is -2.32. The maximum atomic E-state index is 6.29. The molecule has 1 fully saturated rings. The Morgan fingerprint density at radius 3 is 2.05 bits per heavy atom. The molecule has 116 valence electrons. The third-order valence-corrected chi connectivity index (χ3v) is 6.89. The van der Waals surface area contributed by atoms with Gasteiger partial charge in [0.1, 0.15) is 0 Å². The van der Waals surface area contributed by atoms with Crippen molar-refractivity contribution in [1.29, 1.82) is 0 Å². The van der Waals surface area contributed by atoms with E-state index < -0.39 is 8.80 Å². The summed E-state index contributed by atoms with van der Waals surface area (Å²) >= 11 is 0. The molecule has 0 atom stereocenters. The summed E-state index contributed by atoms with van der Waals surface area (Å²) in [5, 5.41) is 4.13. The Morgan fingerprint density at radius 1 is 0.864 bits per heavy atom. The van der Waals surface area contributed by atoms with Gasteiger partial charge in [-0.15, -0.1) is 0 Å². The third kappa shape index (κ3) is 2.43. The average Bonchev–Trinajstić information content (AvgIpc) is 2.65. The Labute approximate surface area is 135 Å². The Hall–Kier alpha value is -1.10. The highest BCUT2D eigenvalue weighted by molar-refractivity contribution is 6.81. The molecule has 0 N–H and O–H groups in total. The van der Waals surface area contributed by atoms with E-state index in [2.05, 4.69) is 77.2 Å². The van der Waals surface area contributed by atoms with Gasteiger partial charge in [-0.2, -0.15) is 0 Å². The fourth-order valence-corrected chi connectivity index (χ4v) is 4.92. The first-order chi connectivity index (χ1) is 10.2. The van der Waals surface area contributed by atoms with Gasteiger partial charge < -0.3 is 9.31 Å². The second kappa shape index (κ2) is 5.22. The zero-order chi connectivity index (χ0) is 16.1. The minimum Gasteiger partial charge on any atom is -0.399 e. The van der Waals surface area contributed by atoms with Gasteiger partial charge in [-0.1, -0.05) is 54.7 Å². The van der Waals surface area contributed by atoms with Crippen molar-refractivity contribution >= 4 is 37.3 Å². The van der Waals surface area contributed by atoms with E-state index in [1.807, 2.05) is 0 Å². The van der Waals surface area contributed by atoms with Crippen LogP contribution in [0.5, 0.6) is 0 Å². The number of hydrogen-bond acceptors (Lipinski definition) is 2. The summed E-state index contributed by atoms with van der Waals surface area (Å²) in [4.78, 5) is 0. The molecule has 3 rings (SSSR count). The van der Waals surface area contributed by atoms with Crippen LogP contribution in [-0.4, -0.2) is 27.1 Å². The first-order valence-electron chi connectivity index (χ1n) is 8.10. The van der Waals surface area contributed by atoms with Crippen molar-refractivity contribution in [2.75, 3.05) is 0 Å². The van der Waals surface area contributed by atoms with E-state index in [9.17, 15) is 0 Å². The molecule has 0 amide bonds. The first-order valence-corrected chi connectivity index (χ1v) is 11.0. The van der Waals surface area contributed by atoms with Crippen LogP contribution in [0.1, 0.15) is 27.7 Å². The van der Waals surface area contributed by atoms with Crippen LogP contribution >= 0.6 is 0 Å². The highest BCUT2D eigenvalue weighted by Gasteiger charge is 2.52. The third-order valence-electron chi connectivity index (χ3n) is 5.09. The molecule has 4 heteroatoms. The molecule has 2 aromatic rings. The van der Waals surface area contributed by atoms with Crippen molar-refractivity contribution in [3.05, 3.63) is 36.4 Å². The molecule has 0 unspecified atom stereocenters. The number of benzene rings is 2. The van der Waals surface area contributed by atoms with Crippen LogP contribution in [0.3, 0.4) is 0 Å². The SMILES string of the molecule is C[SiH](C)c1c(B2OC(C)(C)C(C)(C)O2)ccc2ccccc12. The van der Waals surface area contributed by atoms with Crippen LogP contribution in [0.25, 0.3) is 10.8 Å². The lowest BCUT2D eigenvalue weighted by atomic mass is 9.78. The van der Waals surface area contributed by atoms with Gasteiger partial charge in [0.2, 0.25) is 0 Å². The highest BCUT2D eigenvalue weighted by Crippen LogP contribution is 2.36. The van der Waals surface area contributed by atoms with Gasteiger partial charge in [0.05, 0.1) is 20.0 Å². The topological polar surface area (TPSA) is 18.5 Å². The Morgan fingerprint density at radius 2 is 1.45 bits per heavy atom. The molecule has 0 radical (unpaired) electrons. The molecule has 1 heterocycles. The molecule has 2 nitrogen and oxygen atoms in total. The van der Waals surface area contributed by atoms with E-state index in [1.165, 1.54) is 21.4 Å². The highest BCUT2D eigenvalue weighted by atomic mass is 28.3. The van der Waals surface area contributed by atoms with Crippen LogP contribution in [0.15, 0.2) is 36.4 Å². The summed E-state index contributed by atoms with van der Waals surface area (Å²) in [7, 11) is -1.28. The summed E-state index contributed by atoms with van der Waals surface area (Å²) < 4.78 is 12.6. The Balaban J connectivity index is 2.14. The van der Waals surface area contributed by atoms with Gasteiger partial charge in [0, 0.05) is 0 Å². The van der Waals surface area contributed by atoms with Crippen LogP contribution in [0, 0.1) is 0 Å². The molecule has 1 aliphatic rings. The van der Waals surface area contributed by atoms with Crippen LogP contribution < -0.4 is 10.6 Å². The standard InChI is InChI=1S/C18H25BO2Si/c1-17(2)18(3,4)21-19(20-17)15-12-11-13-9-7-8-10-14(13)16(15)22(5)6/h7-12,22H,1-6H3. The molecule has 0 aromatic heterocycles. The second-order valence-electron chi connectivity index (χ2n) is 7.53. The van der Waals surface area contributed by atoms with Crippen molar-refractivity contribution < 1.29 is 9.31 Å². The molecule has 1 saturated heterocycles. The van der Waals surface area contributed by atoms with Crippen molar-refractivity contribution in [3.8, 4) is 0 Å². The van der Waals surface area contributed by atoms with E-state index in [0.717, 1.165) is 0 Å². The monoisotopic (exact) mass is 312 g/mol. The largest absolute Gasteiger partial charge is 0.494 e. The summed E-state index contributed by atoms with van der Waals surface area (Å²) in [5.41, 5.74) is 0.636. The maximum Gasteiger partial charge on any atom is 0.494 e. The Bertz CT molecular complexity index is 693. The number of rotatable bonds is 2. The van der Waals surface area contributed by atoms with Crippen LogP contribution in [-0.2, 0) is 9.31 Å². The van der Waals surface area contributed by atoms with E-state index >= 15 is 0 Å². The van der Waals surface area contributed by atoms with Crippen molar-refractivity contribution in [2.24, 2.45) is 0 Å². The van der Waals surface area contributed by atoms with Crippen molar-refractivity contribution in [2.45, 2.75) is 52.0 Å². The van der Waals surface area contributed by atoms with E-state index in [4.69, 9.17) is 9.31 Å². The number of fused-ring (bicyclic) bond motifs is 1. The second-order valence-corrected chi connectivity index (χ2v) is 10.4. The minimum absolute atomic E-state index is 0.264. The summed E-state index contributed by atoms with van der Waals surface area (Å²) in [6, 6.07) is 13.0. The average molecular weight is 312 g/mol. The van der Waals surface area contributed by atoms with Gasteiger partial charge in [0.15, 0.2) is 0 Å². The number of hydrogen-bond donors (Lipinski definition) is 0. The molecular weight excluding hydrogens is 287 g/mol. The fraction of sp³-hybridized carbons (Fsp3) is 0.444. The Kier molecular flexibility index (Phi) is 3.75. The molecule has 1 aliphatic heterocycles. The lowest BCUT2D eigenvalue weighted by molar-refractivity contribution is 0.00578. The zero-order valence-electron chi connectivity index (χ0n) is 14.4. The van der Waals surface area contributed by atoms with Gasteiger partial charge >= 0.3 is 7.12 Å². The normalized spacial score (nSPS) is 20.0. The smallest absolute Gasteiger partial charge is 0.399 e. The summed E-state index contributed by atoms with van der Waals surface area (Å²) in [6.45, 7) is 13.2. The van der Waals surface area contributed by atoms with Crippen LogP contribution in [0.4, 0.5) is 0 Å². The molecule has 22 heavy (non-hydrogen) atoms. The van der Waals surface area contributed by atoms with Gasteiger partial charge in [-0.3, -0.25) is 0 Å². The fourth-order valence-electron chi connectivity index (χ4n) is 3.13. The molecule has 0 aliphatic carbocycles. The molecule has 2 aromatic carbocycles. The van der Waals surface area contributed by atoms with Crippen molar-refractivity contribution in [1.82, 2.24) is 0 Å². The molecule has 0 saturated carbocycles. The van der Waals surface area contributed by atoms with Gasteiger partial charge in [0.25, 0.3) is 0 Å². The molecule has 0 spiro atoms. The van der Waals surface area contributed by atoms with E-state index in [-0.39, 0.29) is 18.3 Å². The molecule has 0 bridgehead atoms. The minimum atomic E-state index is -1.02. The zero-order valence-corrected chi connectivity index (χ0v) is 15.6. The van der Waals surface area contributed by atoms with Crippen molar-refractivity contribution in [3.63, 3.8) is 0 Å². The lowest BCUT2D eigenvalue weighted by Crippen LogP contribution is -2.48. The van der Waals surface area contributed by atoms with Gasteiger partial charge in [-0.25, -0.2) is 0 Å². The first kappa shape index (κ1) is 15.8. The predicted octanol–water partition coefficient (Wildman–Crippen LogP) is 2.83. The predicted molar refractivity (Wildman–Crippen MR) is 98.2 cm³/mol. The van der Waals surface area contributed by atoms with E-state index in [1.54, 1.807) is 0 Å². The van der Waals surface area contributed by atoms with E-state index in [0.29, 0.717) is 0 Å². The molecular formula is C18H25BO2Si. The summed E-state index contributed by atoms with van der Waals surface area (Å²) in [5.74, 6) is 0. The summed E-state index contributed by atoms with van der Waals surface area (Å²) in [6.07, 6.45) is 0. The quantitative estimate of drug-likeness (QED) is 0.794.